The third-order valence-electron chi connectivity index (χ3n) is 6.03. The van der Waals surface area contributed by atoms with Crippen LogP contribution < -0.4 is 0 Å². The van der Waals surface area contributed by atoms with Crippen LogP contribution in [0.3, 0.4) is 0 Å². The van der Waals surface area contributed by atoms with Gasteiger partial charge in [0.1, 0.15) is 6.29 Å². The van der Waals surface area contributed by atoms with Crippen LogP contribution in [0.4, 0.5) is 0 Å². The number of carbonyl (C=O) groups is 2. The topological polar surface area (TPSA) is 43.4 Å². The van der Waals surface area contributed by atoms with Crippen LogP contribution in [0.15, 0.2) is 0 Å². The number of rotatable bonds is 15. The molecule has 2 fully saturated rings. The van der Waals surface area contributed by atoms with Gasteiger partial charge < -0.3 is 9.53 Å². The van der Waals surface area contributed by atoms with E-state index in [-0.39, 0.29) is 16.8 Å². The van der Waals surface area contributed by atoms with Crippen molar-refractivity contribution in [1.82, 2.24) is 0 Å². The summed E-state index contributed by atoms with van der Waals surface area (Å²) in [5.41, 5.74) is 0.0267. The smallest absolute Gasteiger partial charge is 0.312 e. The number of aldehydes is 1. The number of hydrogen-bond donors (Lipinski definition) is 0. The van der Waals surface area contributed by atoms with Crippen LogP contribution >= 0.6 is 0 Å². The van der Waals surface area contributed by atoms with Crippen molar-refractivity contribution in [1.29, 1.82) is 0 Å². The largest absolute Gasteiger partial charge is 0.466 e. The van der Waals surface area contributed by atoms with Crippen molar-refractivity contribution in [2.24, 2.45) is 10.8 Å². The van der Waals surface area contributed by atoms with Crippen LogP contribution in [-0.2, 0) is 14.3 Å². The summed E-state index contributed by atoms with van der Waals surface area (Å²) in [4.78, 5) is 22.8. The molecule has 2 rings (SSSR count). The normalized spacial score (nSPS) is 19.7. The van der Waals surface area contributed by atoms with E-state index in [1.165, 1.54) is 64.1 Å². The van der Waals surface area contributed by atoms with Gasteiger partial charge in [0.05, 0.1) is 12.0 Å². The third-order valence-corrected chi connectivity index (χ3v) is 6.03. The first-order chi connectivity index (χ1) is 11.7. The minimum Gasteiger partial charge on any atom is -0.466 e. The first-order valence-corrected chi connectivity index (χ1v) is 10.3. The minimum atomic E-state index is -0.0869. The maximum Gasteiger partial charge on any atom is 0.312 e. The Balaban J connectivity index is 1.35. The van der Waals surface area contributed by atoms with Crippen LogP contribution in [0.2, 0.25) is 0 Å². The van der Waals surface area contributed by atoms with E-state index in [9.17, 15) is 9.59 Å². The Kier molecular flexibility index (Phi) is 7.77. The maximum atomic E-state index is 11.9. The molecule has 0 spiro atoms. The predicted octanol–water partition coefficient (Wildman–Crippen LogP) is 5.60. The Morgan fingerprint density at radius 2 is 1.33 bits per heavy atom. The van der Waals surface area contributed by atoms with Gasteiger partial charge in [-0.05, 0) is 45.4 Å². The van der Waals surface area contributed by atoms with Crippen molar-refractivity contribution in [2.75, 3.05) is 6.61 Å². The standard InChI is InChI=1S/C21H36O3/c1-2-24-19(23)21(16-17-21)13-11-9-7-5-3-4-6-8-10-12-20(18-22)14-15-20/h18H,2-17H2,1H3. The Bertz CT molecular complexity index is 394. The van der Waals surface area contributed by atoms with Crippen molar-refractivity contribution in [2.45, 2.75) is 103 Å². The van der Waals surface area contributed by atoms with Gasteiger partial charge in [0, 0.05) is 5.41 Å². The quantitative estimate of drug-likeness (QED) is 0.222. The summed E-state index contributed by atoms with van der Waals surface area (Å²) in [6.07, 6.45) is 19.3. The molecule has 0 N–H and O–H groups in total. The van der Waals surface area contributed by atoms with Gasteiger partial charge in [-0.15, -0.1) is 0 Å². The molecular formula is C21H36O3. The fraction of sp³-hybridized carbons (Fsp3) is 0.905. The van der Waals surface area contributed by atoms with Crippen LogP contribution in [0.5, 0.6) is 0 Å². The summed E-state index contributed by atoms with van der Waals surface area (Å²) in [5, 5.41) is 0. The lowest BCUT2D eigenvalue weighted by atomic mass is 9.97. The van der Waals surface area contributed by atoms with Crippen molar-refractivity contribution in [3.05, 3.63) is 0 Å². The van der Waals surface area contributed by atoms with Gasteiger partial charge in [-0.2, -0.15) is 0 Å². The predicted molar refractivity (Wildman–Crippen MR) is 96.8 cm³/mol. The Morgan fingerprint density at radius 3 is 1.75 bits per heavy atom. The second kappa shape index (κ2) is 9.58. The van der Waals surface area contributed by atoms with Gasteiger partial charge in [0.15, 0.2) is 0 Å². The van der Waals surface area contributed by atoms with Crippen LogP contribution in [0, 0.1) is 10.8 Å². The van der Waals surface area contributed by atoms with Crippen LogP contribution in [-0.4, -0.2) is 18.9 Å². The fourth-order valence-corrected chi connectivity index (χ4v) is 3.76. The molecule has 0 aromatic rings. The van der Waals surface area contributed by atoms with Gasteiger partial charge in [0.2, 0.25) is 0 Å². The molecule has 0 aromatic heterocycles. The second-order valence-electron chi connectivity index (χ2n) is 8.16. The molecule has 0 bridgehead atoms. The molecule has 2 aliphatic carbocycles. The van der Waals surface area contributed by atoms with E-state index in [2.05, 4.69) is 0 Å². The van der Waals surface area contributed by atoms with E-state index in [0.29, 0.717) is 6.61 Å². The molecule has 0 amide bonds. The van der Waals surface area contributed by atoms with Crippen molar-refractivity contribution >= 4 is 12.3 Å². The van der Waals surface area contributed by atoms with Gasteiger partial charge in [-0.25, -0.2) is 0 Å². The zero-order chi connectivity index (χ0) is 17.3. The second-order valence-corrected chi connectivity index (χ2v) is 8.16. The molecule has 138 valence electrons. The summed E-state index contributed by atoms with van der Waals surface area (Å²) in [6, 6.07) is 0. The van der Waals surface area contributed by atoms with E-state index in [0.717, 1.165) is 38.5 Å². The Labute approximate surface area is 147 Å². The molecule has 0 radical (unpaired) electrons. The number of ether oxygens (including phenoxy) is 1. The van der Waals surface area contributed by atoms with Crippen LogP contribution in [0.25, 0.3) is 0 Å². The van der Waals surface area contributed by atoms with Gasteiger partial charge in [-0.1, -0.05) is 57.8 Å². The van der Waals surface area contributed by atoms with Crippen molar-refractivity contribution < 1.29 is 14.3 Å². The summed E-state index contributed by atoms with van der Waals surface area (Å²) in [6.45, 7) is 2.40. The lowest BCUT2D eigenvalue weighted by molar-refractivity contribution is -0.150. The molecule has 0 saturated heterocycles. The van der Waals surface area contributed by atoms with E-state index >= 15 is 0 Å². The zero-order valence-corrected chi connectivity index (χ0v) is 15.6. The summed E-state index contributed by atoms with van der Waals surface area (Å²) < 4.78 is 5.19. The molecule has 0 aliphatic heterocycles. The SMILES string of the molecule is CCOC(=O)C1(CCCCCCCCCCCC2(C=O)CC2)CC1. The molecular weight excluding hydrogens is 300 g/mol. The molecule has 0 atom stereocenters. The van der Waals surface area contributed by atoms with Gasteiger partial charge in [-0.3, -0.25) is 4.79 Å². The Hall–Kier alpha value is -0.860. The number of unbranched alkanes of at least 4 members (excludes halogenated alkanes) is 8. The molecule has 3 heteroatoms. The summed E-state index contributed by atoms with van der Waals surface area (Å²) in [7, 11) is 0. The first-order valence-electron chi connectivity index (χ1n) is 10.3. The van der Waals surface area contributed by atoms with E-state index < -0.39 is 0 Å². The number of carbonyl (C=O) groups excluding carboxylic acids is 2. The first kappa shape index (κ1) is 19.5. The van der Waals surface area contributed by atoms with Crippen molar-refractivity contribution in [3.8, 4) is 0 Å². The highest BCUT2D eigenvalue weighted by Gasteiger charge is 2.50. The summed E-state index contributed by atoms with van der Waals surface area (Å²) >= 11 is 0. The van der Waals surface area contributed by atoms with E-state index in [4.69, 9.17) is 4.74 Å². The average molecular weight is 337 g/mol. The highest BCUT2D eigenvalue weighted by Crippen LogP contribution is 2.51. The fourth-order valence-electron chi connectivity index (χ4n) is 3.76. The highest BCUT2D eigenvalue weighted by atomic mass is 16.5. The maximum absolute atomic E-state index is 11.9. The number of hydrogen-bond acceptors (Lipinski definition) is 3. The Morgan fingerprint density at radius 1 is 0.833 bits per heavy atom. The molecule has 24 heavy (non-hydrogen) atoms. The van der Waals surface area contributed by atoms with Crippen molar-refractivity contribution in [3.63, 3.8) is 0 Å². The third kappa shape index (κ3) is 6.22. The van der Waals surface area contributed by atoms with Gasteiger partial charge in [0.25, 0.3) is 0 Å². The summed E-state index contributed by atoms with van der Waals surface area (Å²) in [5.74, 6) is 0.0487. The lowest BCUT2D eigenvalue weighted by Gasteiger charge is -2.13. The van der Waals surface area contributed by atoms with Gasteiger partial charge >= 0.3 is 5.97 Å². The molecule has 2 saturated carbocycles. The minimum absolute atomic E-state index is 0.0487. The zero-order valence-electron chi connectivity index (χ0n) is 15.6. The molecule has 0 aromatic carbocycles. The van der Waals surface area contributed by atoms with Crippen LogP contribution in [0.1, 0.15) is 103 Å². The molecule has 0 unspecified atom stereocenters. The molecule has 0 heterocycles. The van der Waals surface area contributed by atoms with E-state index in [1.54, 1.807) is 0 Å². The molecule has 2 aliphatic rings. The monoisotopic (exact) mass is 336 g/mol. The number of esters is 1. The lowest BCUT2D eigenvalue weighted by Crippen LogP contribution is -2.18. The average Bonchev–Trinajstić information content (AvgIpc) is 3.49. The highest BCUT2D eigenvalue weighted by molar-refractivity contribution is 5.79. The van der Waals surface area contributed by atoms with E-state index in [1.807, 2.05) is 6.92 Å². The molecule has 3 nitrogen and oxygen atoms in total.